The molecule has 0 unspecified atom stereocenters. The summed E-state index contributed by atoms with van der Waals surface area (Å²) < 4.78 is 0. The minimum absolute atomic E-state index is 0.0629. The maximum absolute atomic E-state index is 11.1. The molecule has 2 aliphatic rings. The first kappa shape index (κ1) is 14.0. The lowest BCUT2D eigenvalue weighted by Gasteiger charge is -2.35. The molecule has 110 valence electrons. The molecule has 2 aliphatic heterocycles. The van der Waals surface area contributed by atoms with Crippen molar-refractivity contribution in [3.05, 3.63) is 35.9 Å². The lowest BCUT2D eigenvalue weighted by atomic mass is 10.1. The molecule has 0 saturated carbocycles. The number of anilines is 1. The number of carbonyl (C=O) groups excluding carboxylic acids is 1. The molecule has 1 fully saturated rings. The van der Waals surface area contributed by atoms with E-state index < -0.39 is 0 Å². The molecule has 2 heterocycles. The Bertz CT molecular complexity index is 610. The third-order valence-corrected chi connectivity index (χ3v) is 4.10. The Morgan fingerprint density at radius 2 is 2.00 bits per heavy atom. The third kappa shape index (κ3) is 3.05. The molecular formula is C17H21N3O. The molecule has 1 saturated heterocycles. The lowest BCUT2D eigenvalue weighted by Crippen LogP contribution is -2.44. The average molecular weight is 283 g/mol. The van der Waals surface area contributed by atoms with Crippen LogP contribution < -0.4 is 4.90 Å². The monoisotopic (exact) mass is 283 g/mol. The van der Waals surface area contributed by atoms with Gasteiger partial charge in [-0.05, 0) is 38.3 Å². The van der Waals surface area contributed by atoms with Crippen molar-refractivity contribution in [3.63, 3.8) is 0 Å². The van der Waals surface area contributed by atoms with E-state index >= 15 is 0 Å². The first-order valence-corrected chi connectivity index (χ1v) is 7.45. The molecule has 0 atom stereocenters. The molecule has 0 N–H and O–H groups in total. The van der Waals surface area contributed by atoms with Gasteiger partial charge < -0.3 is 9.80 Å². The van der Waals surface area contributed by atoms with Crippen LogP contribution in [0.2, 0.25) is 0 Å². The number of aliphatic imine (C=N–C) groups is 1. The van der Waals surface area contributed by atoms with Crippen molar-refractivity contribution < 1.29 is 4.79 Å². The van der Waals surface area contributed by atoms with Crippen molar-refractivity contribution in [2.75, 3.05) is 38.1 Å². The summed E-state index contributed by atoms with van der Waals surface area (Å²) in [4.78, 5) is 20.5. The zero-order valence-corrected chi connectivity index (χ0v) is 12.7. The first-order chi connectivity index (χ1) is 10.1. The number of ketones is 1. The Kier molecular flexibility index (Phi) is 3.88. The van der Waals surface area contributed by atoms with E-state index in [4.69, 9.17) is 0 Å². The molecule has 4 heteroatoms. The topological polar surface area (TPSA) is 35.9 Å². The summed E-state index contributed by atoms with van der Waals surface area (Å²) >= 11 is 0. The van der Waals surface area contributed by atoms with Gasteiger partial charge in [-0.3, -0.25) is 9.79 Å². The van der Waals surface area contributed by atoms with Crippen LogP contribution in [-0.2, 0) is 11.2 Å². The minimum atomic E-state index is 0.0629. The van der Waals surface area contributed by atoms with Gasteiger partial charge in [0.05, 0.1) is 5.69 Å². The number of hydrogen-bond acceptors (Lipinski definition) is 4. The molecule has 0 spiro atoms. The summed E-state index contributed by atoms with van der Waals surface area (Å²) in [5.74, 6) is 0.0629. The van der Waals surface area contributed by atoms with Gasteiger partial charge in [0.1, 0.15) is 0 Å². The Morgan fingerprint density at radius 1 is 1.24 bits per heavy atom. The highest BCUT2D eigenvalue weighted by atomic mass is 16.1. The maximum atomic E-state index is 11.1. The van der Waals surface area contributed by atoms with Crippen LogP contribution in [0.15, 0.2) is 35.3 Å². The van der Waals surface area contributed by atoms with E-state index in [1.807, 2.05) is 6.08 Å². The molecule has 1 aromatic carbocycles. The Labute approximate surface area is 125 Å². The van der Waals surface area contributed by atoms with Crippen LogP contribution in [0.4, 0.5) is 11.4 Å². The van der Waals surface area contributed by atoms with Gasteiger partial charge in [-0.2, -0.15) is 0 Å². The van der Waals surface area contributed by atoms with E-state index in [0.29, 0.717) is 0 Å². The Morgan fingerprint density at radius 3 is 2.71 bits per heavy atom. The number of piperazine rings is 1. The fourth-order valence-corrected chi connectivity index (χ4v) is 2.88. The van der Waals surface area contributed by atoms with Crippen LogP contribution in [0, 0.1) is 0 Å². The minimum Gasteiger partial charge on any atom is -0.369 e. The van der Waals surface area contributed by atoms with Gasteiger partial charge in [-0.15, -0.1) is 0 Å². The SMILES string of the molecule is CC(=O)/C=C/C1=Nc2cccc(N3CCN(C)CC3)c2C1. The molecule has 4 nitrogen and oxygen atoms in total. The fourth-order valence-electron chi connectivity index (χ4n) is 2.88. The summed E-state index contributed by atoms with van der Waals surface area (Å²) in [6, 6.07) is 6.33. The lowest BCUT2D eigenvalue weighted by molar-refractivity contribution is -0.112. The summed E-state index contributed by atoms with van der Waals surface area (Å²) in [7, 11) is 2.17. The third-order valence-electron chi connectivity index (χ3n) is 4.10. The summed E-state index contributed by atoms with van der Waals surface area (Å²) in [6.07, 6.45) is 4.26. The van der Waals surface area contributed by atoms with E-state index in [1.165, 1.54) is 11.3 Å². The second-order valence-electron chi connectivity index (χ2n) is 5.79. The first-order valence-electron chi connectivity index (χ1n) is 7.45. The van der Waals surface area contributed by atoms with Crippen LogP contribution in [-0.4, -0.2) is 49.6 Å². The smallest absolute Gasteiger partial charge is 0.152 e. The molecule has 0 radical (unpaired) electrons. The van der Waals surface area contributed by atoms with E-state index in [-0.39, 0.29) is 5.78 Å². The van der Waals surface area contributed by atoms with Crippen molar-refractivity contribution in [2.24, 2.45) is 4.99 Å². The summed E-state index contributed by atoms with van der Waals surface area (Å²) in [5, 5.41) is 0. The summed E-state index contributed by atoms with van der Waals surface area (Å²) in [6.45, 7) is 5.88. The number of benzene rings is 1. The Hall–Kier alpha value is -1.94. The van der Waals surface area contributed by atoms with Crippen molar-refractivity contribution >= 4 is 22.9 Å². The van der Waals surface area contributed by atoms with Gasteiger partial charge in [0.25, 0.3) is 0 Å². The van der Waals surface area contributed by atoms with Crippen molar-refractivity contribution in [1.82, 2.24) is 4.90 Å². The predicted molar refractivity (Wildman–Crippen MR) is 86.8 cm³/mol. The van der Waals surface area contributed by atoms with E-state index in [9.17, 15) is 4.79 Å². The summed E-state index contributed by atoms with van der Waals surface area (Å²) in [5.41, 5.74) is 4.62. The standard InChI is InChI=1S/C17H21N3O/c1-13(21)6-7-14-12-15-16(18-14)4-3-5-17(15)20-10-8-19(2)9-11-20/h3-7H,8-12H2,1-2H3/b7-6+. The van der Waals surface area contributed by atoms with Crippen molar-refractivity contribution in [3.8, 4) is 0 Å². The van der Waals surface area contributed by atoms with Gasteiger partial charge in [0, 0.05) is 49.6 Å². The number of likely N-dealkylation sites (N-methyl/N-ethyl adjacent to an activating group) is 1. The normalized spacial score (nSPS) is 19.0. The fraction of sp³-hybridized carbons (Fsp3) is 0.412. The molecule has 0 aliphatic carbocycles. The van der Waals surface area contributed by atoms with Gasteiger partial charge >= 0.3 is 0 Å². The number of nitrogens with zero attached hydrogens (tertiary/aromatic N) is 3. The molecule has 0 aromatic heterocycles. The molecular weight excluding hydrogens is 262 g/mol. The quantitative estimate of drug-likeness (QED) is 0.798. The maximum Gasteiger partial charge on any atom is 0.152 e. The molecule has 3 rings (SSSR count). The molecule has 0 bridgehead atoms. The second kappa shape index (κ2) is 5.82. The zero-order chi connectivity index (χ0) is 14.8. The number of carbonyl (C=O) groups is 1. The number of rotatable bonds is 3. The predicted octanol–water partition coefficient (Wildman–Crippen LogP) is 2.21. The number of allylic oxidation sites excluding steroid dienone is 2. The van der Waals surface area contributed by atoms with E-state index in [0.717, 1.165) is 44.0 Å². The van der Waals surface area contributed by atoms with Crippen LogP contribution in [0.5, 0.6) is 0 Å². The van der Waals surface area contributed by atoms with Gasteiger partial charge in [0.15, 0.2) is 5.78 Å². The highest BCUT2D eigenvalue weighted by molar-refractivity contribution is 6.06. The number of fused-ring (bicyclic) bond motifs is 1. The van der Waals surface area contributed by atoms with Crippen LogP contribution in [0.1, 0.15) is 12.5 Å². The second-order valence-corrected chi connectivity index (χ2v) is 5.79. The van der Waals surface area contributed by atoms with Gasteiger partial charge in [-0.25, -0.2) is 0 Å². The van der Waals surface area contributed by atoms with Gasteiger partial charge in [0.2, 0.25) is 0 Å². The number of hydrogen-bond donors (Lipinski definition) is 0. The zero-order valence-electron chi connectivity index (χ0n) is 12.7. The van der Waals surface area contributed by atoms with Crippen molar-refractivity contribution in [1.29, 1.82) is 0 Å². The highest BCUT2D eigenvalue weighted by Gasteiger charge is 2.22. The average Bonchev–Trinajstić information content (AvgIpc) is 2.89. The molecule has 0 amide bonds. The molecule has 1 aromatic rings. The van der Waals surface area contributed by atoms with Crippen LogP contribution in [0.25, 0.3) is 0 Å². The van der Waals surface area contributed by atoms with Crippen LogP contribution in [0.3, 0.4) is 0 Å². The van der Waals surface area contributed by atoms with Crippen LogP contribution >= 0.6 is 0 Å². The van der Waals surface area contributed by atoms with E-state index in [1.54, 1.807) is 13.0 Å². The largest absolute Gasteiger partial charge is 0.369 e. The highest BCUT2D eigenvalue weighted by Crippen LogP contribution is 2.35. The Balaban J connectivity index is 1.81. The molecule has 21 heavy (non-hydrogen) atoms. The van der Waals surface area contributed by atoms with Gasteiger partial charge in [-0.1, -0.05) is 6.07 Å². The van der Waals surface area contributed by atoms with E-state index in [2.05, 4.69) is 40.0 Å². The van der Waals surface area contributed by atoms with Crippen molar-refractivity contribution in [2.45, 2.75) is 13.3 Å².